The third kappa shape index (κ3) is 5.25. The van der Waals surface area contributed by atoms with Crippen LogP contribution in [-0.4, -0.2) is 41.5 Å². The second-order valence-corrected chi connectivity index (χ2v) is 9.24. The average molecular weight is 484 g/mol. The molecule has 176 valence electrons. The van der Waals surface area contributed by atoms with Gasteiger partial charge in [0, 0.05) is 18.7 Å². The molecule has 1 fully saturated rings. The number of nitrogens with zero attached hydrogens (tertiary/aromatic N) is 3. The number of rotatable bonds is 5. The second kappa shape index (κ2) is 10.5. The summed E-state index contributed by atoms with van der Waals surface area (Å²) >= 11 is 1.50. The van der Waals surface area contributed by atoms with E-state index in [1.807, 2.05) is 78.9 Å². The molecule has 5 rings (SSSR count). The molecule has 2 heterocycles. The number of hydrogen-bond donors (Lipinski definition) is 0. The number of amides is 2. The number of thiazole rings is 1. The van der Waals surface area contributed by atoms with Crippen molar-refractivity contribution in [1.29, 1.82) is 0 Å². The molecular formula is C28H25N3O3S. The molecule has 1 aliphatic rings. The van der Waals surface area contributed by atoms with E-state index in [1.165, 1.54) is 16.2 Å². The summed E-state index contributed by atoms with van der Waals surface area (Å²) in [6, 6.07) is 29.6. The molecule has 6 nitrogen and oxygen atoms in total. The van der Waals surface area contributed by atoms with Crippen molar-refractivity contribution in [3.63, 3.8) is 0 Å². The molecule has 0 atom stereocenters. The summed E-state index contributed by atoms with van der Waals surface area (Å²) in [5.74, 6) is -0.160. The van der Waals surface area contributed by atoms with Crippen LogP contribution in [0.25, 0.3) is 21.7 Å². The Balaban J connectivity index is 1.36. The van der Waals surface area contributed by atoms with E-state index in [2.05, 4.69) is 12.1 Å². The zero-order chi connectivity index (χ0) is 24.0. The molecule has 2 amide bonds. The number of hydrogen-bond acceptors (Lipinski definition) is 5. The van der Waals surface area contributed by atoms with Crippen LogP contribution in [0.15, 0.2) is 91.0 Å². The van der Waals surface area contributed by atoms with Crippen molar-refractivity contribution < 1.29 is 14.3 Å². The van der Waals surface area contributed by atoms with E-state index in [0.29, 0.717) is 24.6 Å². The highest BCUT2D eigenvalue weighted by Crippen LogP contribution is 2.40. The summed E-state index contributed by atoms with van der Waals surface area (Å²) < 4.78 is 5.45. The van der Waals surface area contributed by atoms with Gasteiger partial charge >= 0.3 is 6.09 Å². The summed E-state index contributed by atoms with van der Waals surface area (Å²) in [6.07, 6.45) is 0.172. The van der Waals surface area contributed by atoms with Crippen molar-refractivity contribution in [2.45, 2.75) is 13.0 Å². The molecular weight excluding hydrogens is 458 g/mol. The molecule has 7 heteroatoms. The number of benzene rings is 3. The Labute approximate surface area is 208 Å². The number of carbonyl (C=O) groups is 2. The minimum absolute atomic E-state index is 0.0332. The van der Waals surface area contributed by atoms with E-state index >= 15 is 0 Å². The summed E-state index contributed by atoms with van der Waals surface area (Å²) in [5.41, 5.74) is 3.83. The molecule has 0 spiro atoms. The molecule has 0 N–H and O–H groups in total. The van der Waals surface area contributed by atoms with Crippen LogP contribution in [0.4, 0.5) is 9.93 Å². The molecule has 1 aliphatic heterocycles. The number of ether oxygens (including phenoxy) is 1. The summed E-state index contributed by atoms with van der Waals surface area (Å²) in [6.45, 7) is 1.10. The van der Waals surface area contributed by atoms with Crippen molar-refractivity contribution in [3.8, 4) is 21.7 Å². The quantitative estimate of drug-likeness (QED) is 0.357. The van der Waals surface area contributed by atoms with Gasteiger partial charge in [-0.15, -0.1) is 0 Å². The highest BCUT2D eigenvalue weighted by atomic mass is 32.1. The normalized spacial score (nSPS) is 14.0. The maximum atomic E-state index is 13.2. The summed E-state index contributed by atoms with van der Waals surface area (Å²) in [4.78, 5) is 35.0. The first-order chi connectivity index (χ1) is 17.2. The van der Waals surface area contributed by atoms with Gasteiger partial charge in [-0.3, -0.25) is 14.6 Å². The van der Waals surface area contributed by atoms with Crippen molar-refractivity contribution >= 4 is 28.5 Å². The Hall–Kier alpha value is -3.97. The van der Waals surface area contributed by atoms with Gasteiger partial charge in [-0.1, -0.05) is 102 Å². The van der Waals surface area contributed by atoms with Gasteiger partial charge in [0.1, 0.15) is 13.2 Å². The van der Waals surface area contributed by atoms with Gasteiger partial charge in [-0.25, -0.2) is 9.78 Å². The standard InChI is InChI=1S/C28H25N3O3S/c32-24-19-30(28(33)34-20-21-11-4-1-5-12-21)17-10-18-31(24)27-29-25(22-13-6-2-7-14-22)26(35-27)23-15-8-3-9-16-23/h1-9,11-16H,10,17-20H2. The first-order valence-electron chi connectivity index (χ1n) is 11.6. The lowest BCUT2D eigenvalue weighted by molar-refractivity contribution is -0.119. The minimum atomic E-state index is -0.474. The van der Waals surface area contributed by atoms with Crippen molar-refractivity contribution in [2.24, 2.45) is 0 Å². The van der Waals surface area contributed by atoms with Crippen LogP contribution in [0.5, 0.6) is 0 Å². The molecule has 3 aromatic carbocycles. The number of aromatic nitrogens is 1. The van der Waals surface area contributed by atoms with Crippen LogP contribution in [-0.2, 0) is 16.1 Å². The second-order valence-electron chi connectivity index (χ2n) is 8.27. The molecule has 0 unspecified atom stereocenters. The number of anilines is 1. The third-order valence-corrected chi connectivity index (χ3v) is 6.96. The lowest BCUT2D eigenvalue weighted by Crippen LogP contribution is -2.39. The zero-order valence-corrected chi connectivity index (χ0v) is 20.0. The van der Waals surface area contributed by atoms with Crippen molar-refractivity contribution in [2.75, 3.05) is 24.5 Å². The van der Waals surface area contributed by atoms with Crippen LogP contribution in [0.3, 0.4) is 0 Å². The maximum absolute atomic E-state index is 13.2. The summed E-state index contributed by atoms with van der Waals surface area (Å²) in [5, 5.41) is 0.646. The molecule has 35 heavy (non-hydrogen) atoms. The van der Waals surface area contributed by atoms with Gasteiger partial charge in [0.15, 0.2) is 5.13 Å². The molecule has 1 aromatic heterocycles. The van der Waals surface area contributed by atoms with Crippen LogP contribution in [0, 0.1) is 0 Å². The highest BCUT2D eigenvalue weighted by Gasteiger charge is 2.29. The first kappa shape index (κ1) is 22.8. The fourth-order valence-electron chi connectivity index (χ4n) is 4.04. The van der Waals surface area contributed by atoms with E-state index in [9.17, 15) is 9.59 Å². The Morgan fingerprint density at radius 2 is 1.49 bits per heavy atom. The lowest BCUT2D eigenvalue weighted by Gasteiger charge is -2.20. The van der Waals surface area contributed by atoms with E-state index in [-0.39, 0.29) is 19.1 Å². The Bertz CT molecular complexity index is 1240. The Morgan fingerprint density at radius 3 is 2.17 bits per heavy atom. The third-order valence-electron chi connectivity index (χ3n) is 5.83. The SMILES string of the molecule is O=C(OCc1ccccc1)N1CCCN(c2nc(-c3ccccc3)c(-c3ccccc3)s2)C(=O)C1. The van der Waals surface area contributed by atoms with E-state index in [0.717, 1.165) is 27.3 Å². The number of carbonyl (C=O) groups excluding carboxylic acids is 2. The monoisotopic (exact) mass is 483 g/mol. The lowest BCUT2D eigenvalue weighted by atomic mass is 10.1. The van der Waals surface area contributed by atoms with Gasteiger partial charge in [0.05, 0.1) is 10.6 Å². The molecule has 0 saturated carbocycles. The molecule has 0 aliphatic carbocycles. The van der Waals surface area contributed by atoms with Crippen LogP contribution in [0.2, 0.25) is 0 Å². The van der Waals surface area contributed by atoms with Gasteiger partial charge in [0.2, 0.25) is 5.91 Å². The van der Waals surface area contributed by atoms with Crippen LogP contribution < -0.4 is 4.90 Å². The fraction of sp³-hybridized carbons (Fsp3) is 0.179. The maximum Gasteiger partial charge on any atom is 0.410 e. The first-order valence-corrected chi connectivity index (χ1v) is 12.4. The minimum Gasteiger partial charge on any atom is -0.445 e. The molecule has 1 saturated heterocycles. The van der Waals surface area contributed by atoms with Crippen molar-refractivity contribution in [1.82, 2.24) is 9.88 Å². The zero-order valence-electron chi connectivity index (χ0n) is 19.2. The predicted molar refractivity (Wildman–Crippen MR) is 138 cm³/mol. The van der Waals surface area contributed by atoms with Gasteiger partial charge in [-0.05, 0) is 17.5 Å². The van der Waals surface area contributed by atoms with E-state index in [1.54, 1.807) is 4.90 Å². The Kier molecular flexibility index (Phi) is 6.86. The molecule has 4 aromatic rings. The van der Waals surface area contributed by atoms with Gasteiger partial charge in [-0.2, -0.15) is 0 Å². The van der Waals surface area contributed by atoms with Crippen molar-refractivity contribution in [3.05, 3.63) is 96.6 Å². The largest absolute Gasteiger partial charge is 0.445 e. The Morgan fingerprint density at radius 1 is 0.857 bits per heavy atom. The molecule has 0 radical (unpaired) electrons. The predicted octanol–water partition coefficient (Wildman–Crippen LogP) is 5.85. The topological polar surface area (TPSA) is 62.7 Å². The average Bonchev–Trinajstić information content (AvgIpc) is 3.26. The van der Waals surface area contributed by atoms with E-state index in [4.69, 9.17) is 9.72 Å². The fourth-order valence-corrected chi connectivity index (χ4v) is 5.18. The van der Waals surface area contributed by atoms with Crippen LogP contribution in [0.1, 0.15) is 12.0 Å². The summed E-state index contributed by atoms with van der Waals surface area (Å²) in [7, 11) is 0. The van der Waals surface area contributed by atoms with Crippen LogP contribution >= 0.6 is 11.3 Å². The van der Waals surface area contributed by atoms with E-state index < -0.39 is 6.09 Å². The van der Waals surface area contributed by atoms with Gasteiger partial charge in [0.25, 0.3) is 0 Å². The van der Waals surface area contributed by atoms with Gasteiger partial charge < -0.3 is 4.74 Å². The smallest absolute Gasteiger partial charge is 0.410 e. The molecule has 0 bridgehead atoms. The highest BCUT2D eigenvalue weighted by molar-refractivity contribution is 7.19.